The van der Waals surface area contributed by atoms with E-state index in [1.807, 2.05) is 0 Å². The van der Waals surface area contributed by atoms with E-state index in [-0.39, 0.29) is 11.6 Å². The van der Waals surface area contributed by atoms with Crippen LogP contribution in [-0.4, -0.2) is 36.5 Å². The number of carbonyl (C=O) groups excluding carboxylic acids is 1. The van der Waals surface area contributed by atoms with Gasteiger partial charge in [0, 0.05) is 18.2 Å². The Hall–Kier alpha value is -1.63. The summed E-state index contributed by atoms with van der Waals surface area (Å²) in [5.74, 6) is -1.55. The average molecular weight is 316 g/mol. The highest BCUT2D eigenvalue weighted by Crippen LogP contribution is 2.32. The molecule has 0 radical (unpaired) electrons. The van der Waals surface area contributed by atoms with E-state index in [9.17, 15) is 22.4 Å². The fourth-order valence-electron chi connectivity index (χ4n) is 3.27. The zero-order valence-corrected chi connectivity index (χ0v) is 11.8. The Balaban J connectivity index is 1.71. The van der Waals surface area contributed by atoms with Gasteiger partial charge in [0.25, 0.3) is 5.91 Å². The normalized spacial score (nSPS) is 27.7. The summed E-state index contributed by atoms with van der Waals surface area (Å²) in [5, 5.41) is 2.82. The molecule has 2 bridgehead atoms. The van der Waals surface area contributed by atoms with Crippen molar-refractivity contribution in [3.05, 3.63) is 35.1 Å². The highest BCUT2D eigenvalue weighted by atomic mass is 19.4. The number of halogens is 4. The fraction of sp³-hybridized carbons (Fsp3) is 0.533. The van der Waals surface area contributed by atoms with Gasteiger partial charge in [0.05, 0.1) is 5.56 Å². The van der Waals surface area contributed by atoms with E-state index < -0.39 is 23.5 Å². The standard InChI is InChI=1S/C15H16F4N2O/c16-12-7-10(1-2-11(12)15(17,18)19)14(22)20-13-8-21-5-3-9(13)4-6-21/h1-2,7,9,13H,3-6,8H2,(H,20,22). The molecule has 1 aromatic rings. The first-order valence-electron chi connectivity index (χ1n) is 7.24. The zero-order valence-electron chi connectivity index (χ0n) is 11.8. The molecule has 0 saturated carbocycles. The quantitative estimate of drug-likeness (QED) is 0.851. The lowest BCUT2D eigenvalue weighted by Gasteiger charge is -2.44. The van der Waals surface area contributed by atoms with Gasteiger partial charge in [-0.25, -0.2) is 4.39 Å². The van der Waals surface area contributed by atoms with Crippen LogP contribution in [0.2, 0.25) is 0 Å². The van der Waals surface area contributed by atoms with Gasteiger partial charge >= 0.3 is 6.18 Å². The van der Waals surface area contributed by atoms with Gasteiger partial charge < -0.3 is 10.2 Å². The smallest absolute Gasteiger partial charge is 0.348 e. The van der Waals surface area contributed by atoms with Gasteiger partial charge in [0.2, 0.25) is 0 Å². The molecule has 22 heavy (non-hydrogen) atoms. The van der Waals surface area contributed by atoms with Crippen molar-refractivity contribution in [2.75, 3.05) is 19.6 Å². The van der Waals surface area contributed by atoms with Crippen molar-refractivity contribution in [1.82, 2.24) is 10.2 Å². The van der Waals surface area contributed by atoms with E-state index in [1.54, 1.807) is 0 Å². The first kappa shape index (κ1) is 15.3. The van der Waals surface area contributed by atoms with Crippen LogP contribution in [-0.2, 0) is 6.18 Å². The van der Waals surface area contributed by atoms with Crippen molar-refractivity contribution < 1.29 is 22.4 Å². The second kappa shape index (κ2) is 5.53. The van der Waals surface area contributed by atoms with Gasteiger partial charge in [-0.05, 0) is 50.0 Å². The highest BCUT2D eigenvalue weighted by molar-refractivity contribution is 5.94. The predicted molar refractivity (Wildman–Crippen MR) is 71.8 cm³/mol. The summed E-state index contributed by atoms with van der Waals surface area (Å²) in [6.45, 7) is 2.79. The number of nitrogens with zero attached hydrogens (tertiary/aromatic N) is 1. The molecule has 3 heterocycles. The maximum absolute atomic E-state index is 13.5. The van der Waals surface area contributed by atoms with E-state index in [0.29, 0.717) is 18.1 Å². The number of piperidine rings is 3. The van der Waals surface area contributed by atoms with Crippen molar-refractivity contribution in [2.24, 2.45) is 5.92 Å². The molecule has 3 fully saturated rings. The zero-order chi connectivity index (χ0) is 15.9. The Bertz CT molecular complexity index is 579. The molecule has 0 aliphatic carbocycles. The molecule has 4 rings (SSSR count). The van der Waals surface area contributed by atoms with Crippen LogP contribution in [0.15, 0.2) is 18.2 Å². The molecule has 3 nitrogen and oxygen atoms in total. The monoisotopic (exact) mass is 316 g/mol. The summed E-state index contributed by atoms with van der Waals surface area (Å²) < 4.78 is 51.1. The van der Waals surface area contributed by atoms with E-state index in [0.717, 1.165) is 38.5 Å². The van der Waals surface area contributed by atoms with E-state index in [2.05, 4.69) is 10.2 Å². The predicted octanol–water partition coefficient (Wildman–Crippen LogP) is 2.67. The van der Waals surface area contributed by atoms with Crippen molar-refractivity contribution in [2.45, 2.75) is 25.1 Å². The van der Waals surface area contributed by atoms with Gasteiger partial charge in [-0.1, -0.05) is 0 Å². The summed E-state index contributed by atoms with van der Waals surface area (Å²) in [4.78, 5) is 14.4. The van der Waals surface area contributed by atoms with Gasteiger partial charge in [-0.3, -0.25) is 4.79 Å². The van der Waals surface area contributed by atoms with Gasteiger partial charge in [0.1, 0.15) is 5.82 Å². The minimum Gasteiger partial charge on any atom is -0.348 e. The fourth-order valence-corrected chi connectivity index (χ4v) is 3.27. The number of benzene rings is 1. The Labute approximate surface area is 125 Å². The molecule has 3 aliphatic rings. The van der Waals surface area contributed by atoms with Gasteiger partial charge in [-0.15, -0.1) is 0 Å². The lowest BCUT2D eigenvalue weighted by atomic mass is 9.84. The van der Waals surface area contributed by atoms with Crippen molar-refractivity contribution in [3.8, 4) is 0 Å². The van der Waals surface area contributed by atoms with Crippen LogP contribution in [0.5, 0.6) is 0 Å². The lowest BCUT2D eigenvalue weighted by Crippen LogP contribution is -2.57. The molecule has 3 saturated heterocycles. The number of rotatable bonds is 2. The number of alkyl halides is 3. The third-order valence-corrected chi connectivity index (χ3v) is 4.51. The maximum atomic E-state index is 13.5. The summed E-state index contributed by atoms with van der Waals surface area (Å²) in [5.41, 5.74) is -1.44. The van der Waals surface area contributed by atoms with Crippen LogP contribution in [0.1, 0.15) is 28.8 Å². The molecule has 1 unspecified atom stereocenters. The molecular weight excluding hydrogens is 300 g/mol. The summed E-state index contributed by atoms with van der Waals surface area (Å²) in [6.07, 6.45) is -2.74. The second-order valence-corrected chi connectivity index (χ2v) is 5.91. The first-order chi connectivity index (χ1) is 10.3. The molecule has 0 aromatic heterocycles. The maximum Gasteiger partial charge on any atom is 0.419 e. The molecule has 3 aliphatic heterocycles. The third-order valence-electron chi connectivity index (χ3n) is 4.51. The molecule has 1 amide bonds. The molecule has 1 N–H and O–H groups in total. The molecule has 7 heteroatoms. The Morgan fingerprint density at radius 2 is 1.91 bits per heavy atom. The highest BCUT2D eigenvalue weighted by Gasteiger charge is 2.36. The Kier molecular flexibility index (Phi) is 3.84. The van der Waals surface area contributed by atoms with Crippen molar-refractivity contribution >= 4 is 5.91 Å². The topological polar surface area (TPSA) is 32.3 Å². The minimum atomic E-state index is -4.76. The van der Waals surface area contributed by atoms with Crippen molar-refractivity contribution in [1.29, 1.82) is 0 Å². The summed E-state index contributed by atoms with van der Waals surface area (Å²) in [6, 6.07) is 2.27. The SMILES string of the molecule is O=C(NC1CN2CCC1CC2)c1ccc(C(F)(F)F)c(F)c1. The average Bonchev–Trinajstić information content (AvgIpc) is 2.47. The van der Waals surface area contributed by atoms with Gasteiger partial charge in [0.15, 0.2) is 0 Å². The van der Waals surface area contributed by atoms with Crippen LogP contribution >= 0.6 is 0 Å². The largest absolute Gasteiger partial charge is 0.419 e. The Morgan fingerprint density at radius 1 is 1.23 bits per heavy atom. The molecule has 120 valence electrons. The number of amides is 1. The van der Waals surface area contributed by atoms with Gasteiger partial charge in [-0.2, -0.15) is 13.2 Å². The Morgan fingerprint density at radius 3 is 2.41 bits per heavy atom. The van der Waals surface area contributed by atoms with Crippen LogP contribution in [0, 0.1) is 11.7 Å². The summed E-state index contributed by atoms with van der Waals surface area (Å²) in [7, 11) is 0. The summed E-state index contributed by atoms with van der Waals surface area (Å²) >= 11 is 0. The second-order valence-electron chi connectivity index (χ2n) is 5.91. The number of fused-ring (bicyclic) bond motifs is 3. The number of carbonyl (C=O) groups is 1. The third kappa shape index (κ3) is 2.95. The molecule has 1 aromatic carbocycles. The minimum absolute atomic E-state index is 0.0136. The van der Waals surface area contributed by atoms with E-state index in [1.165, 1.54) is 0 Å². The van der Waals surface area contributed by atoms with Crippen molar-refractivity contribution in [3.63, 3.8) is 0 Å². The van der Waals surface area contributed by atoms with Crippen LogP contribution in [0.4, 0.5) is 17.6 Å². The van der Waals surface area contributed by atoms with E-state index in [4.69, 9.17) is 0 Å². The van der Waals surface area contributed by atoms with Crippen LogP contribution in [0.25, 0.3) is 0 Å². The number of hydrogen-bond donors (Lipinski definition) is 1. The van der Waals surface area contributed by atoms with Crippen LogP contribution < -0.4 is 5.32 Å². The van der Waals surface area contributed by atoms with E-state index >= 15 is 0 Å². The molecule has 0 spiro atoms. The lowest BCUT2D eigenvalue weighted by molar-refractivity contribution is -0.140. The first-order valence-corrected chi connectivity index (χ1v) is 7.24. The molecular formula is C15H16F4N2O. The number of nitrogens with one attached hydrogen (secondary N) is 1. The van der Waals surface area contributed by atoms with Crippen LogP contribution in [0.3, 0.4) is 0 Å². The number of hydrogen-bond acceptors (Lipinski definition) is 2. The molecule has 1 atom stereocenters.